The van der Waals surface area contributed by atoms with Gasteiger partial charge >= 0.3 is 11.9 Å². The molecule has 15 heavy (non-hydrogen) atoms. The van der Waals surface area contributed by atoms with Gasteiger partial charge in [-0.1, -0.05) is 13.3 Å². The van der Waals surface area contributed by atoms with E-state index in [1.807, 2.05) is 6.92 Å². The minimum absolute atomic E-state index is 0.0430. The molecule has 0 fully saturated rings. The number of ether oxygens (including phenoxy) is 1. The Kier molecular flexibility index (Phi) is 3.91. The molecule has 0 saturated heterocycles. The van der Waals surface area contributed by atoms with Gasteiger partial charge in [0.1, 0.15) is 5.56 Å². The van der Waals surface area contributed by atoms with E-state index in [9.17, 15) is 9.59 Å². The van der Waals surface area contributed by atoms with Crippen LogP contribution in [0, 0.1) is 0 Å². The Morgan fingerprint density at radius 2 is 2.27 bits per heavy atom. The molecule has 0 aliphatic rings. The summed E-state index contributed by atoms with van der Waals surface area (Å²) >= 11 is 0. The van der Waals surface area contributed by atoms with Crippen LogP contribution in [0.15, 0.2) is 16.7 Å². The highest BCUT2D eigenvalue weighted by molar-refractivity contribution is 6.00. The van der Waals surface area contributed by atoms with E-state index in [0.29, 0.717) is 6.61 Å². The van der Waals surface area contributed by atoms with Gasteiger partial charge in [-0.05, 0) is 12.5 Å². The highest BCUT2D eigenvalue weighted by atomic mass is 16.5. The van der Waals surface area contributed by atoms with Crippen molar-refractivity contribution in [2.75, 3.05) is 6.61 Å². The third-order valence-corrected chi connectivity index (χ3v) is 1.81. The molecular formula is C10H12O5. The number of hydrogen-bond donors (Lipinski definition) is 1. The quantitative estimate of drug-likeness (QED) is 0.596. The molecule has 1 rings (SSSR count). The first-order chi connectivity index (χ1) is 7.16. The fourth-order valence-corrected chi connectivity index (χ4v) is 1.02. The fourth-order valence-electron chi connectivity index (χ4n) is 1.02. The molecule has 0 spiro atoms. The lowest BCUT2D eigenvalue weighted by Crippen LogP contribution is -2.10. The van der Waals surface area contributed by atoms with E-state index in [1.165, 1.54) is 6.07 Å². The summed E-state index contributed by atoms with van der Waals surface area (Å²) in [5.41, 5.74) is -0.0430. The molecule has 0 aromatic carbocycles. The maximum atomic E-state index is 11.4. The summed E-state index contributed by atoms with van der Waals surface area (Å²) in [6, 6.07) is 1.29. The van der Waals surface area contributed by atoms with Crippen molar-refractivity contribution in [1.29, 1.82) is 0 Å². The zero-order valence-corrected chi connectivity index (χ0v) is 8.36. The average Bonchev–Trinajstić information content (AvgIpc) is 2.66. The predicted molar refractivity (Wildman–Crippen MR) is 50.9 cm³/mol. The van der Waals surface area contributed by atoms with Crippen LogP contribution < -0.4 is 0 Å². The number of unbranched alkanes of at least 4 members (excludes halogenated alkanes) is 1. The first kappa shape index (κ1) is 11.3. The molecule has 1 N–H and O–H groups in total. The monoisotopic (exact) mass is 212 g/mol. The van der Waals surface area contributed by atoms with Crippen LogP contribution in [0.3, 0.4) is 0 Å². The predicted octanol–water partition coefficient (Wildman–Crippen LogP) is 1.93. The molecule has 1 aromatic heterocycles. The minimum atomic E-state index is -1.28. The zero-order chi connectivity index (χ0) is 11.3. The van der Waals surface area contributed by atoms with Crippen molar-refractivity contribution in [2.45, 2.75) is 19.8 Å². The molecule has 82 valence electrons. The zero-order valence-electron chi connectivity index (χ0n) is 8.36. The molecule has 0 bridgehead atoms. The van der Waals surface area contributed by atoms with Gasteiger partial charge in [-0.25, -0.2) is 9.59 Å². The maximum absolute atomic E-state index is 11.4. The molecule has 0 radical (unpaired) electrons. The van der Waals surface area contributed by atoms with E-state index in [0.717, 1.165) is 19.1 Å². The molecule has 0 atom stereocenters. The smallest absolute Gasteiger partial charge is 0.372 e. The largest absolute Gasteiger partial charge is 0.475 e. The average molecular weight is 212 g/mol. The van der Waals surface area contributed by atoms with E-state index in [-0.39, 0.29) is 11.3 Å². The molecule has 5 nitrogen and oxygen atoms in total. The Morgan fingerprint density at radius 3 is 2.87 bits per heavy atom. The second-order valence-electron chi connectivity index (χ2n) is 2.96. The number of hydrogen-bond acceptors (Lipinski definition) is 4. The Balaban J connectivity index is 2.65. The lowest BCUT2D eigenvalue weighted by Gasteiger charge is -2.01. The van der Waals surface area contributed by atoms with E-state index < -0.39 is 11.9 Å². The molecule has 0 amide bonds. The SMILES string of the molecule is CCCCOC(=O)c1ccoc1C(=O)O. The minimum Gasteiger partial charge on any atom is -0.475 e. The summed E-state index contributed by atoms with van der Waals surface area (Å²) in [6.07, 6.45) is 2.82. The molecule has 1 aromatic rings. The lowest BCUT2D eigenvalue weighted by atomic mass is 10.2. The van der Waals surface area contributed by atoms with Crippen LogP contribution in [0.2, 0.25) is 0 Å². The van der Waals surface area contributed by atoms with Crippen molar-refractivity contribution < 1.29 is 23.8 Å². The van der Waals surface area contributed by atoms with Crippen molar-refractivity contribution in [3.05, 3.63) is 23.7 Å². The van der Waals surface area contributed by atoms with Crippen LogP contribution in [-0.2, 0) is 4.74 Å². The van der Waals surface area contributed by atoms with Crippen LogP contribution in [0.1, 0.15) is 40.7 Å². The number of aromatic carboxylic acids is 1. The Labute approximate surface area is 86.6 Å². The normalized spacial score (nSPS) is 9.93. The second-order valence-corrected chi connectivity index (χ2v) is 2.96. The molecular weight excluding hydrogens is 200 g/mol. The molecule has 0 unspecified atom stereocenters. The topological polar surface area (TPSA) is 76.7 Å². The van der Waals surface area contributed by atoms with Gasteiger partial charge in [-0.2, -0.15) is 0 Å². The van der Waals surface area contributed by atoms with Gasteiger partial charge in [0.15, 0.2) is 0 Å². The first-order valence-electron chi connectivity index (χ1n) is 4.64. The third-order valence-electron chi connectivity index (χ3n) is 1.81. The number of esters is 1. The van der Waals surface area contributed by atoms with Crippen LogP contribution in [0.5, 0.6) is 0 Å². The highest BCUT2D eigenvalue weighted by Crippen LogP contribution is 2.12. The van der Waals surface area contributed by atoms with Gasteiger partial charge in [0.25, 0.3) is 0 Å². The summed E-state index contributed by atoms with van der Waals surface area (Å²) in [7, 11) is 0. The summed E-state index contributed by atoms with van der Waals surface area (Å²) in [5.74, 6) is -2.31. The van der Waals surface area contributed by atoms with Crippen molar-refractivity contribution in [1.82, 2.24) is 0 Å². The van der Waals surface area contributed by atoms with E-state index in [2.05, 4.69) is 4.42 Å². The number of carboxylic acid groups (broad SMARTS) is 1. The van der Waals surface area contributed by atoms with Gasteiger partial charge in [0, 0.05) is 0 Å². The second kappa shape index (κ2) is 5.19. The van der Waals surface area contributed by atoms with Gasteiger partial charge in [0.05, 0.1) is 12.9 Å². The summed E-state index contributed by atoms with van der Waals surface area (Å²) < 4.78 is 9.51. The molecule has 0 saturated carbocycles. The lowest BCUT2D eigenvalue weighted by molar-refractivity contribution is 0.0484. The molecule has 1 heterocycles. The van der Waals surface area contributed by atoms with Crippen molar-refractivity contribution in [2.24, 2.45) is 0 Å². The van der Waals surface area contributed by atoms with Crippen LogP contribution in [-0.4, -0.2) is 23.7 Å². The third kappa shape index (κ3) is 2.83. The number of rotatable bonds is 5. The standard InChI is InChI=1S/C10H12O5/c1-2-3-5-15-10(13)7-4-6-14-8(7)9(11)12/h4,6H,2-3,5H2,1H3,(H,11,12). The maximum Gasteiger partial charge on any atom is 0.372 e. The molecule has 0 aliphatic carbocycles. The first-order valence-corrected chi connectivity index (χ1v) is 4.64. The number of carboxylic acids is 1. The summed E-state index contributed by atoms with van der Waals surface area (Å²) in [6.45, 7) is 2.26. The van der Waals surface area contributed by atoms with Gasteiger partial charge in [-0.3, -0.25) is 0 Å². The van der Waals surface area contributed by atoms with Crippen molar-refractivity contribution >= 4 is 11.9 Å². The van der Waals surface area contributed by atoms with Gasteiger partial charge in [-0.15, -0.1) is 0 Å². The van der Waals surface area contributed by atoms with Gasteiger partial charge in [0.2, 0.25) is 5.76 Å². The summed E-state index contributed by atoms with van der Waals surface area (Å²) in [4.78, 5) is 22.0. The van der Waals surface area contributed by atoms with E-state index in [1.54, 1.807) is 0 Å². The number of carbonyl (C=O) groups is 2. The van der Waals surface area contributed by atoms with Crippen molar-refractivity contribution in [3.63, 3.8) is 0 Å². The van der Waals surface area contributed by atoms with Crippen LogP contribution in [0.4, 0.5) is 0 Å². The highest BCUT2D eigenvalue weighted by Gasteiger charge is 2.20. The number of furan rings is 1. The fraction of sp³-hybridized carbons (Fsp3) is 0.400. The van der Waals surface area contributed by atoms with Gasteiger partial charge < -0.3 is 14.3 Å². The molecule has 0 aliphatic heterocycles. The van der Waals surface area contributed by atoms with Crippen LogP contribution in [0.25, 0.3) is 0 Å². The van der Waals surface area contributed by atoms with Crippen LogP contribution >= 0.6 is 0 Å². The van der Waals surface area contributed by atoms with E-state index in [4.69, 9.17) is 9.84 Å². The Bertz CT molecular complexity index is 352. The Morgan fingerprint density at radius 1 is 1.53 bits per heavy atom. The summed E-state index contributed by atoms with van der Waals surface area (Å²) in [5, 5.41) is 8.67. The van der Waals surface area contributed by atoms with E-state index >= 15 is 0 Å². The van der Waals surface area contributed by atoms with Crippen molar-refractivity contribution in [3.8, 4) is 0 Å². The molecule has 5 heteroatoms. The number of carbonyl (C=O) groups excluding carboxylic acids is 1. The Hall–Kier alpha value is -1.78.